The topological polar surface area (TPSA) is 79.9 Å². The SMILES string of the molecule is CCCS(=O)(=O)CCn1cccc(C#N)c1=O. The molecule has 0 amide bonds. The van der Waals surface area contributed by atoms with Crippen molar-refractivity contribution in [2.24, 2.45) is 0 Å². The summed E-state index contributed by atoms with van der Waals surface area (Å²) in [6, 6.07) is 4.75. The Balaban J connectivity index is 2.85. The van der Waals surface area contributed by atoms with Crippen LogP contribution in [0.15, 0.2) is 23.1 Å². The zero-order valence-electron chi connectivity index (χ0n) is 9.59. The van der Waals surface area contributed by atoms with Gasteiger partial charge in [0.05, 0.1) is 5.75 Å². The minimum absolute atomic E-state index is 0.0281. The third-order valence-electron chi connectivity index (χ3n) is 2.30. The Morgan fingerprint density at radius 3 is 2.71 bits per heavy atom. The Hall–Kier alpha value is -1.61. The maximum absolute atomic E-state index is 11.6. The molecular weight excluding hydrogens is 240 g/mol. The Bertz CT molecular complexity index is 581. The Morgan fingerprint density at radius 1 is 1.41 bits per heavy atom. The molecular formula is C11H14N2O3S. The van der Waals surface area contributed by atoms with Gasteiger partial charge in [0.15, 0.2) is 9.84 Å². The molecule has 0 aliphatic carbocycles. The van der Waals surface area contributed by atoms with Gasteiger partial charge in [-0.05, 0) is 18.6 Å². The summed E-state index contributed by atoms with van der Waals surface area (Å²) in [5.41, 5.74) is -0.415. The van der Waals surface area contributed by atoms with Gasteiger partial charge in [0.2, 0.25) is 0 Å². The highest BCUT2D eigenvalue weighted by molar-refractivity contribution is 7.91. The first kappa shape index (κ1) is 13.5. The van der Waals surface area contributed by atoms with Crippen LogP contribution in [0.5, 0.6) is 0 Å². The van der Waals surface area contributed by atoms with Gasteiger partial charge in [-0.3, -0.25) is 4.79 Å². The fraction of sp³-hybridized carbons (Fsp3) is 0.455. The van der Waals surface area contributed by atoms with Crippen LogP contribution in [0, 0.1) is 11.3 Å². The second-order valence-electron chi connectivity index (χ2n) is 3.68. The third-order valence-corrected chi connectivity index (χ3v) is 4.13. The van der Waals surface area contributed by atoms with E-state index in [1.54, 1.807) is 19.1 Å². The molecule has 0 atom stereocenters. The largest absolute Gasteiger partial charge is 0.313 e. The number of sulfone groups is 1. The van der Waals surface area contributed by atoms with Crippen molar-refractivity contribution in [1.29, 1.82) is 5.26 Å². The van der Waals surface area contributed by atoms with Crippen molar-refractivity contribution in [2.45, 2.75) is 19.9 Å². The van der Waals surface area contributed by atoms with Gasteiger partial charge in [0.25, 0.3) is 5.56 Å². The predicted octanol–water partition coefficient (Wildman–Crippen LogP) is 0.545. The summed E-state index contributed by atoms with van der Waals surface area (Å²) >= 11 is 0. The summed E-state index contributed by atoms with van der Waals surface area (Å²) in [5.74, 6) is 0.0509. The first-order valence-electron chi connectivity index (χ1n) is 5.30. The van der Waals surface area contributed by atoms with Crippen LogP contribution in [-0.4, -0.2) is 24.5 Å². The average Bonchev–Trinajstić information content (AvgIpc) is 2.28. The number of pyridine rings is 1. The van der Waals surface area contributed by atoms with Gasteiger partial charge >= 0.3 is 0 Å². The van der Waals surface area contributed by atoms with Crippen LogP contribution < -0.4 is 5.56 Å². The monoisotopic (exact) mass is 254 g/mol. The Morgan fingerprint density at radius 2 is 2.12 bits per heavy atom. The van der Waals surface area contributed by atoms with Gasteiger partial charge in [-0.2, -0.15) is 5.26 Å². The molecule has 17 heavy (non-hydrogen) atoms. The van der Waals surface area contributed by atoms with E-state index in [2.05, 4.69) is 0 Å². The van der Waals surface area contributed by atoms with Gasteiger partial charge in [-0.15, -0.1) is 0 Å². The molecule has 5 nitrogen and oxygen atoms in total. The van der Waals surface area contributed by atoms with Crippen LogP contribution in [-0.2, 0) is 16.4 Å². The second-order valence-corrected chi connectivity index (χ2v) is 5.99. The van der Waals surface area contributed by atoms with E-state index in [1.807, 2.05) is 0 Å². The van der Waals surface area contributed by atoms with Crippen molar-refractivity contribution in [3.63, 3.8) is 0 Å². The van der Waals surface area contributed by atoms with Crippen molar-refractivity contribution in [3.05, 3.63) is 34.2 Å². The molecule has 1 aromatic rings. The van der Waals surface area contributed by atoms with Gasteiger partial charge in [-0.1, -0.05) is 6.92 Å². The van der Waals surface area contributed by atoms with Crippen molar-refractivity contribution >= 4 is 9.84 Å². The molecule has 0 N–H and O–H groups in total. The highest BCUT2D eigenvalue weighted by atomic mass is 32.2. The Labute approximate surface area is 100 Å². The summed E-state index contributed by atoms with van der Waals surface area (Å²) in [4.78, 5) is 11.6. The highest BCUT2D eigenvalue weighted by Gasteiger charge is 2.10. The van der Waals surface area contributed by atoms with E-state index in [0.29, 0.717) is 6.42 Å². The van der Waals surface area contributed by atoms with Crippen LogP contribution >= 0.6 is 0 Å². The number of aryl methyl sites for hydroxylation is 1. The zero-order valence-corrected chi connectivity index (χ0v) is 10.4. The molecule has 0 radical (unpaired) electrons. The van der Waals surface area contributed by atoms with Crippen LogP contribution in [0.2, 0.25) is 0 Å². The fourth-order valence-electron chi connectivity index (χ4n) is 1.45. The predicted molar refractivity (Wildman–Crippen MR) is 64.4 cm³/mol. The van der Waals surface area contributed by atoms with Gasteiger partial charge in [0.1, 0.15) is 11.6 Å². The summed E-state index contributed by atoms with van der Waals surface area (Å²) in [6.07, 6.45) is 2.06. The molecule has 6 heteroatoms. The number of nitriles is 1. The number of rotatable bonds is 5. The van der Waals surface area contributed by atoms with Crippen molar-refractivity contribution in [2.75, 3.05) is 11.5 Å². The molecule has 0 aliphatic rings. The maximum Gasteiger partial charge on any atom is 0.268 e. The van der Waals surface area contributed by atoms with E-state index in [0.717, 1.165) is 0 Å². The Kier molecular flexibility index (Phi) is 4.46. The first-order chi connectivity index (χ1) is 8.00. The van der Waals surface area contributed by atoms with Crippen LogP contribution in [0.1, 0.15) is 18.9 Å². The maximum atomic E-state index is 11.6. The van der Waals surface area contributed by atoms with Gasteiger partial charge in [-0.25, -0.2) is 8.42 Å². The summed E-state index contributed by atoms with van der Waals surface area (Å²) < 4.78 is 24.2. The number of hydrogen-bond acceptors (Lipinski definition) is 4. The van der Waals surface area contributed by atoms with E-state index in [9.17, 15) is 13.2 Å². The minimum atomic E-state index is -3.11. The van der Waals surface area contributed by atoms with E-state index in [-0.39, 0.29) is 23.6 Å². The molecule has 0 unspecified atom stereocenters. The lowest BCUT2D eigenvalue weighted by Gasteiger charge is -2.06. The van der Waals surface area contributed by atoms with Crippen molar-refractivity contribution in [3.8, 4) is 6.07 Å². The average molecular weight is 254 g/mol. The number of nitrogens with zero attached hydrogens (tertiary/aromatic N) is 2. The summed E-state index contributed by atoms with van der Waals surface area (Å²) in [5, 5.41) is 8.67. The quantitative estimate of drug-likeness (QED) is 0.768. The molecule has 0 bridgehead atoms. The second kappa shape index (κ2) is 5.64. The van der Waals surface area contributed by atoms with E-state index >= 15 is 0 Å². The molecule has 0 aliphatic heterocycles. The minimum Gasteiger partial charge on any atom is -0.313 e. The molecule has 0 saturated carbocycles. The van der Waals surface area contributed by atoms with Crippen LogP contribution in [0.25, 0.3) is 0 Å². The van der Waals surface area contributed by atoms with Crippen LogP contribution in [0.3, 0.4) is 0 Å². The number of aromatic nitrogens is 1. The lowest BCUT2D eigenvalue weighted by molar-refractivity contribution is 0.586. The molecule has 0 saturated heterocycles. The highest BCUT2D eigenvalue weighted by Crippen LogP contribution is 1.96. The van der Waals surface area contributed by atoms with Gasteiger partial charge in [0, 0.05) is 18.5 Å². The fourth-order valence-corrected chi connectivity index (χ4v) is 2.75. The molecule has 1 aromatic heterocycles. The molecule has 1 heterocycles. The van der Waals surface area contributed by atoms with Crippen molar-refractivity contribution < 1.29 is 8.42 Å². The molecule has 1 rings (SSSR count). The molecule has 0 aromatic carbocycles. The lowest BCUT2D eigenvalue weighted by Crippen LogP contribution is -2.26. The van der Waals surface area contributed by atoms with Crippen molar-refractivity contribution in [1.82, 2.24) is 4.57 Å². The van der Waals surface area contributed by atoms with E-state index in [4.69, 9.17) is 5.26 Å². The van der Waals surface area contributed by atoms with E-state index < -0.39 is 15.4 Å². The third kappa shape index (κ3) is 3.71. The summed E-state index contributed by atoms with van der Waals surface area (Å²) in [6.45, 7) is 1.89. The first-order valence-corrected chi connectivity index (χ1v) is 7.12. The van der Waals surface area contributed by atoms with E-state index in [1.165, 1.54) is 16.8 Å². The lowest BCUT2D eigenvalue weighted by atomic mass is 10.3. The standard InChI is InChI=1S/C11H14N2O3S/c1-2-7-17(15,16)8-6-13-5-3-4-10(9-12)11(13)14/h3-5H,2,6-8H2,1H3. The number of hydrogen-bond donors (Lipinski definition) is 0. The normalized spacial score (nSPS) is 11.1. The summed E-state index contributed by atoms with van der Waals surface area (Å²) in [7, 11) is -3.11. The zero-order chi connectivity index (χ0) is 12.9. The van der Waals surface area contributed by atoms with Gasteiger partial charge < -0.3 is 4.57 Å². The van der Waals surface area contributed by atoms with Crippen LogP contribution in [0.4, 0.5) is 0 Å². The smallest absolute Gasteiger partial charge is 0.268 e. The molecule has 92 valence electrons. The molecule has 0 fully saturated rings. The molecule has 0 spiro atoms.